The number of aliphatic carboxylic acids is 1. The maximum atomic E-state index is 11.4. The van der Waals surface area contributed by atoms with Crippen molar-refractivity contribution in [2.24, 2.45) is 5.41 Å². The van der Waals surface area contributed by atoms with E-state index in [0.29, 0.717) is 18.6 Å². The van der Waals surface area contributed by atoms with Crippen molar-refractivity contribution in [1.82, 2.24) is 10.6 Å². The molecule has 1 aliphatic rings. The molecule has 0 heterocycles. The van der Waals surface area contributed by atoms with Crippen molar-refractivity contribution in [1.29, 1.82) is 0 Å². The van der Waals surface area contributed by atoms with Gasteiger partial charge in [-0.3, -0.25) is 9.00 Å². The van der Waals surface area contributed by atoms with E-state index < -0.39 is 28.2 Å². The van der Waals surface area contributed by atoms with Crippen molar-refractivity contribution < 1.29 is 18.9 Å². The van der Waals surface area contributed by atoms with Gasteiger partial charge in [0.2, 0.25) is 0 Å². The molecule has 17 heavy (non-hydrogen) atoms. The van der Waals surface area contributed by atoms with Crippen LogP contribution in [0.2, 0.25) is 0 Å². The topological polar surface area (TPSA) is 95.5 Å². The normalized spacial score (nSPS) is 20.1. The molecule has 0 spiro atoms. The smallest absolute Gasteiger partial charge is 0.315 e. The number of carbonyl (C=O) groups is 2. The molecule has 6 nitrogen and oxygen atoms in total. The summed E-state index contributed by atoms with van der Waals surface area (Å²) in [5.74, 6) is -0.474. The zero-order valence-corrected chi connectivity index (χ0v) is 10.8. The third kappa shape index (κ3) is 4.33. The summed E-state index contributed by atoms with van der Waals surface area (Å²) in [6.07, 6.45) is 2.79. The number of hydrogen-bond acceptors (Lipinski definition) is 3. The summed E-state index contributed by atoms with van der Waals surface area (Å²) >= 11 is 0. The van der Waals surface area contributed by atoms with Crippen molar-refractivity contribution in [2.45, 2.75) is 25.8 Å². The van der Waals surface area contributed by atoms with Crippen molar-refractivity contribution in [3.8, 4) is 0 Å². The highest BCUT2D eigenvalue weighted by Crippen LogP contribution is 2.45. The minimum atomic E-state index is -0.965. The van der Waals surface area contributed by atoms with E-state index in [1.165, 1.54) is 0 Å². The molecular weight excluding hydrogens is 244 g/mol. The minimum Gasteiger partial charge on any atom is -0.481 e. The number of amides is 2. The number of carboxylic acid groups (broad SMARTS) is 1. The van der Waals surface area contributed by atoms with Gasteiger partial charge in [0.05, 0.1) is 5.41 Å². The van der Waals surface area contributed by atoms with E-state index in [0.717, 1.165) is 0 Å². The van der Waals surface area contributed by atoms with Crippen LogP contribution < -0.4 is 10.6 Å². The van der Waals surface area contributed by atoms with Gasteiger partial charge in [-0.25, -0.2) is 4.79 Å². The molecule has 1 rings (SSSR count). The average Bonchev–Trinajstić information content (AvgIpc) is 2.93. The van der Waals surface area contributed by atoms with Gasteiger partial charge in [0.25, 0.3) is 0 Å². The first kappa shape index (κ1) is 14.0. The summed E-state index contributed by atoms with van der Waals surface area (Å²) < 4.78 is 10.9. The molecule has 1 saturated carbocycles. The van der Waals surface area contributed by atoms with Gasteiger partial charge < -0.3 is 15.7 Å². The van der Waals surface area contributed by atoms with Crippen LogP contribution in [-0.4, -0.2) is 45.9 Å². The molecule has 2 atom stereocenters. The number of urea groups is 1. The Morgan fingerprint density at radius 3 is 2.47 bits per heavy atom. The Bertz CT molecular complexity index is 341. The lowest BCUT2D eigenvalue weighted by Crippen LogP contribution is -2.45. The van der Waals surface area contributed by atoms with Gasteiger partial charge in [0, 0.05) is 35.4 Å². The van der Waals surface area contributed by atoms with E-state index in [9.17, 15) is 13.8 Å². The molecule has 0 aromatic carbocycles. The van der Waals surface area contributed by atoms with Gasteiger partial charge >= 0.3 is 12.0 Å². The van der Waals surface area contributed by atoms with E-state index >= 15 is 0 Å². The van der Waals surface area contributed by atoms with Crippen LogP contribution in [-0.2, 0) is 15.6 Å². The van der Waals surface area contributed by atoms with E-state index in [1.807, 2.05) is 0 Å². The molecule has 1 aliphatic carbocycles. The van der Waals surface area contributed by atoms with Crippen molar-refractivity contribution in [3.63, 3.8) is 0 Å². The van der Waals surface area contributed by atoms with Gasteiger partial charge in [-0.2, -0.15) is 0 Å². The molecule has 0 saturated heterocycles. The molecule has 0 aromatic heterocycles. The lowest BCUT2D eigenvalue weighted by atomic mass is 10.1. The lowest BCUT2D eigenvalue weighted by molar-refractivity contribution is -0.143. The molecule has 2 amide bonds. The molecule has 0 bridgehead atoms. The first-order chi connectivity index (χ1) is 7.85. The van der Waals surface area contributed by atoms with Crippen LogP contribution in [0.25, 0.3) is 0 Å². The fourth-order valence-corrected chi connectivity index (χ4v) is 2.32. The Morgan fingerprint density at radius 1 is 1.47 bits per heavy atom. The minimum absolute atomic E-state index is 0.149. The average molecular weight is 262 g/mol. The first-order valence-electron chi connectivity index (χ1n) is 5.43. The van der Waals surface area contributed by atoms with E-state index in [4.69, 9.17) is 5.11 Å². The standard InChI is InChI=1S/C10H18N2O4S/c1-7(5-17(2)16)12-9(15)11-6-10(3-4-10)8(13)14/h7H,3-6H2,1-2H3,(H,13,14)(H2,11,12,15). The number of hydrogen-bond donors (Lipinski definition) is 3. The lowest BCUT2D eigenvalue weighted by Gasteiger charge is -2.15. The largest absolute Gasteiger partial charge is 0.481 e. The molecule has 1 fully saturated rings. The number of carboxylic acids is 1. The maximum absolute atomic E-state index is 11.4. The number of carbonyl (C=O) groups excluding carboxylic acids is 1. The van der Waals surface area contributed by atoms with E-state index in [1.54, 1.807) is 13.2 Å². The molecule has 3 N–H and O–H groups in total. The van der Waals surface area contributed by atoms with Crippen LogP contribution in [0, 0.1) is 5.41 Å². The van der Waals surface area contributed by atoms with Crippen molar-refractivity contribution >= 4 is 22.8 Å². The second-order valence-electron chi connectivity index (χ2n) is 4.55. The van der Waals surface area contributed by atoms with Gasteiger partial charge in [-0.15, -0.1) is 0 Å². The summed E-state index contributed by atoms with van der Waals surface area (Å²) in [4.78, 5) is 22.3. The molecule has 2 unspecified atom stereocenters. The third-order valence-electron chi connectivity index (χ3n) is 2.76. The Hall–Kier alpha value is -1.11. The zero-order valence-electron chi connectivity index (χ0n) is 9.99. The van der Waals surface area contributed by atoms with Crippen LogP contribution in [0.3, 0.4) is 0 Å². The van der Waals surface area contributed by atoms with Crippen molar-refractivity contribution in [3.05, 3.63) is 0 Å². The fraction of sp³-hybridized carbons (Fsp3) is 0.800. The summed E-state index contributed by atoms with van der Waals surface area (Å²) in [6.45, 7) is 1.90. The first-order valence-corrected chi connectivity index (χ1v) is 7.16. The van der Waals surface area contributed by atoms with Crippen LogP contribution in [0.4, 0.5) is 4.79 Å². The fourth-order valence-electron chi connectivity index (χ4n) is 1.54. The Morgan fingerprint density at radius 2 is 2.06 bits per heavy atom. The quantitative estimate of drug-likeness (QED) is 0.623. The third-order valence-corrected chi connectivity index (χ3v) is 3.73. The Labute approximate surface area is 103 Å². The van der Waals surface area contributed by atoms with E-state index in [2.05, 4.69) is 10.6 Å². The number of nitrogens with one attached hydrogen (secondary N) is 2. The van der Waals surface area contributed by atoms with Gasteiger partial charge in [0.15, 0.2) is 0 Å². The van der Waals surface area contributed by atoms with Crippen LogP contribution in [0.15, 0.2) is 0 Å². The summed E-state index contributed by atoms with van der Waals surface area (Å²) in [5, 5.41) is 14.1. The van der Waals surface area contributed by atoms with E-state index in [-0.39, 0.29) is 12.6 Å². The maximum Gasteiger partial charge on any atom is 0.315 e. The van der Waals surface area contributed by atoms with Crippen molar-refractivity contribution in [2.75, 3.05) is 18.6 Å². The second kappa shape index (κ2) is 5.48. The number of rotatable bonds is 6. The SMILES string of the molecule is CC(CS(C)=O)NC(=O)NCC1(C(=O)O)CC1. The van der Waals surface area contributed by atoms with Crippen LogP contribution in [0.5, 0.6) is 0 Å². The molecule has 98 valence electrons. The predicted octanol–water partition coefficient (Wildman–Crippen LogP) is -0.0826. The zero-order chi connectivity index (χ0) is 13.1. The molecule has 7 heteroatoms. The monoisotopic (exact) mass is 262 g/mol. The Kier molecular flexibility index (Phi) is 4.50. The summed E-state index contributed by atoms with van der Waals surface area (Å²) in [5.41, 5.74) is -0.756. The summed E-state index contributed by atoms with van der Waals surface area (Å²) in [6, 6.07) is -0.601. The molecule has 0 aliphatic heterocycles. The van der Waals surface area contributed by atoms with Gasteiger partial charge in [-0.1, -0.05) is 0 Å². The van der Waals surface area contributed by atoms with Crippen LogP contribution in [0.1, 0.15) is 19.8 Å². The van der Waals surface area contributed by atoms with Gasteiger partial charge in [-0.05, 0) is 19.8 Å². The predicted molar refractivity (Wildman–Crippen MR) is 64.2 cm³/mol. The highest BCUT2D eigenvalue weighted by atomic mass is 32.2. The molecule has 0 aromatic rings. The Balaban J connectivity index is 2.26. The summed E-state index contributed by atoms with van der Waals surface area (Å²) in [7, 11) is -0.965. The highest BCUT2D eigenvalue weighted by molar-refractivity contribution is 7.84. The highest BCUT2D eigenvalue weighted by Gasteiger charge is 2.50. The second-order valence-corrected chi connectivity index (χ2v) is 6.03. The molecular formula is C10H18N2O4S. The molecule has 0 radical (unpaired) electrons. The van der Waals surface area contributed by atoms with Crippen LogP contribution >= 0.6 is 0 Å². The van der Waals surface area contributed by atoms with Gasteiger partial charge in [0.1, 0.15) is 0 Å².